The van der Waals surface area contributed by atoms with E-state index in [2.05, 4.69) is 38.0 Å². The average Bonchev–Trinajstić information content (AvgIpc) is 3.40. The van der Waals surface area contributed by atoms with Crippen molar-refractivity contribution in [3.05, 3.63) is 59.8 Å². The highest BCUT2D eigenvalue weighted by Crippen LogP contribution is 2.40. The van der Waals surface area contributed by atoms with E-state index in [4.69, 9.17) is 9.97 Å². The van der Waals surface area contributed by atoms with Crippen LogP contribution in [-0.2, 0) is 19.3 Å². The molecule has 1 aliphatic heterocycles. The van der Waals surface area contributed by atoms with Gasteiger partial charge in [-0.3, -0.25) is 9.67 Å². The molecule has 0 amide bonds. The van der Waals surface area contributed by atoms with Crippen molar-refractivity contribution in [3.63, 3.8) is 0 Å². The van der Waals surface area contributed by atoms with Crippen molar-refractivity contribution in [2.45, 2.75) is 51.1 Å². The first-order valence-electron chi connectivity index (χ1n) is 11.3. The van der Waals surface area contributed by atoms with Gasteiger partial charge in [-0.1, -0.05) is 6.07 Å². The van der Waals surface area contributed by atoms with Gasteiger partial charge in [0.15, 0.2) is 5.82 Å². The summed E-state index contributed by atoms with van der Waals surface area (Å²) in [4.78, 5) is 15.5. The molecule has 0 unspecified atom stereocenters. The van der Waals surface area contributed by atoms with Gasteiger partial charge in [0.1, 0.15) is 11.2 Å². The zero-order valence-electron chi connectivity index (χ0n) is 18.5. The molecule has 0 radical (unpaired) electrons. The topological polar surface area (TPSA) is 76.7 Å². The Morgan fingerprint density at radius 2 is 1.94 bits per heavy atom. The van der Waals surface area contributed by atoms with E-state index in [1.165, 1.54) is 25.1 Å². The molecule has 1 aliphatic carbocycles. The monoisotopic (exact) mass is 468 g/mol. The van der Waals surface area contributed by atoms with Crippen LogP contribution in [0.2, 0.25) is 0 Å². The molecule has 0 saturated heterocycles. The fourth-order valence-electron chi connectivity index (χ4n) is 4.50. The van der Waals surface area contributed by atoms with E-state index >= 15 is 0 Å². The number of nitrogens with one attached hydrogen (secondary N) is 1. The fourth-order valence-corrected chi connectivity index (χ4v) is 4.50. The summed E-state index contributed by atoms with van der Waals surface area (Å²) in [6.07, 6.45) is 4.86. The van der Waals surface area contributed by atoms with Crippen molar-refractivity contribution in [1.29, 1.82) is 0 Å². The van der Waals surface area contributed by atoms with Crippen LogP contribution in [0.25, 0.3) is 11.0 Å². The Kier molecular flexibility index (Phi) is 4.75. The van der Waals surface area contributed by atoms with Crippen LogP contribution in [0, 0.1) is 0 Å². The second-order valence-electron chi connectivity index (χ2n) is 9.01. The first-order valence-corrected chi connectivity index (χ1v) is 11.3. The number of rotatable bonds is 6. The van der Waals surface area contributed by atoms with Crippen LogP contribution in [0.4, 0.5) is 24.9 Å². The molecular formula is C23H23F3N8. The predicted molar refractivity (Wildman–Crippen MR) is 121 cm³/mol. The standard InChI is InChI=1S/C23H23F3N8/c1-14-11-34(17-3-4-17)21-20-18(6-7-33(14)20)30-22(31-21)28-9-16-10-29-32(13-16)12-15-2-5-19(27-8-15)23(24,25)26/h2,5-8,10,13-14,17H,3-4,9,11-12H2,1H3,(H,28,30,31)/t14-/m0/s1. The highest BCUT2D eigenvalue weighted by molar-refractivity contribution is 5.89. The molecule has 4 aromatic rings. The normalized spacial score (nSPS) is 18.0. The van der Waals surface area contributed by atoms with Crippen molar-refractivity contribution in [1.82, 2.24) is 29.3 Å². The highest BCUT2D eigenvalue weighted by atomic mass is 19.4. The molecule has 1 saturated carbocycles. The fraction of sp³-hybridized carbons (Fsp3) is 0.391. The molecule has 6 rings (SSSR count). The largest absolute Gasteiger partial charge is 0.433 e. The first kappa shape index (κ1) is 20.9. The lowest BCUT2D eigenvalue weighted by Gasteiger charge is -2.33. The molecule has 5 heterocycles. The Morgan fingerprint density at radius 3 is 2.68 bits per heavy atom. The minimum Gasteiger partial charge on any atom is -0.350 e. The molecule has 2 aliphatic rings. The van der Waals surface area contributed by atoms with Crippen molar-refractivity contribution in [2.75, 3.05) is 16.8 Å². The molecule has 1 fully saturated rings. The van der Waals surface area contributed by atoms with Crippen molar-refractivity contribution in [3.8, 4) is 0 Å². The van der Waals surface area contributed by atoms with Gasteiger partial charge in [0.25, 0.3) is 0 Å². The molecule has 0 bridgehead atoms. The Balaban J connectivity index is 1.16. The zero-order valence-corrected chi connectivity index (χ0v) is 18.5. The maximum atomic E-state index is 12.7. The number of aromatic nitrogens is 6. The summed E-state index contributed by atoms with van der Waals surface area (Å²) in [6, 6.07) is 5.39. The number of halogens is 3. The van der Waals surface area contributed by atoms with Crippen molar-refractivity contribution >= 4 is 22.8 Å². The number of pyridine rings is 1. The third-order valence-corrected chi connectivity index (χ3v) is 6.34. The summed E-state index contributed by atoms with van der Waals surface area (Å²) in [5.41, 5.74) is 2.68. The average molecular weight is 468 g/mol. The van der Waals surface area contributed by atoms with E-state index in [0.29, 0.717) is 36.7 Å². The molecule has 1 atom stereocenters. The lowest BCUT2D eigenvalue weighted by atomic mass is 10.2. The van der Waals surface area contributed by atoms with Gasteiger partial charge in [-0.2, -0.15) is 23.3 Å². The minimum atomic E-state index is -4.44. The van der Waals surface area contributed by atoms with Gasteiger partial charge in [0.05, 0.1) is 18.3 Å². The maximum absolute atomic E-state index is 12.7. The predicted octanol–water partition coefficient (Wildman–Crippen LogP) is 4.25. The van der Waals surface area contributed by atoms with Crippen LogP contribution in [-0.4, -0.2) is 41.9 Å². The SMILES string of the molecule is C[C@H]1CN(C2CC2)c2nc(NCc3cnn(Cc4ccc(C(F)(F)F)nc4)c3)nc3ccn1c23. The lowest BCUT2D eigenvalue weighted by Crippen LogP contribution is -2.36. The third kappa shape index (κ3) is 3.84. The van der Waals surface area contributed by atoms with E-state index in [-0.39, 0.29) is 0 Å². The van der Waals surface area contributed by atoms with Gasteiger partial charge < -0.3 is 14.8 Å². The quantitative estimate of drug-likeness (QED) is 0.456. The summed E-state index contributed by atoms with van der Waals surface area (Å²) >= 11 is 0. The molecule has 11 heteroatoms. The second-order valence-corrected chi connectivity index (χ2v) is 9.01. The Hall–Kier alpha value is -3.63. The maximum Gasteiger partial charge on any atom is 0.433 e. The summed E-state index contributed by atoms with van der Waals surface area (Å²) in [5.74, 6) is 1.56. The highest BCUT2D eigenvalue weighted by Gasteiger charge is 2.36. The van der Waals surface area contributed by atoms with Gasteiger partial charge in [-0.05, 0) is 37.5 Å². The van der Waals surface area contributed by atoms with Crippen LogP contribution in [0.5, 0.6) is 0 Å². The summed E-state index contributed by atoms with van der Waals surface area (Å²) in [6.45, 7) is 3.99. The van der Waals surface area contributed by atoms with Gasteiger partial charge in [0, 0.05) is 49.3 Å². The van der Waals surface area contributed by atoms with Gasteiger partial charge in [-0.15, -0.1) is 0 Å². The molecule has 0 aromatic carbocycles. The number of alkyl halides is 3. The molecule has 176 valence electrons. The first-order chi connectivity index (χ1) is 16.3. The molecule has 4 aromatic heterocycles. The Labute approximate surface area is 193 Å². The van der Waals surface area contributed by atoms with E-state index in [1.54, 1.807) is 10.9 Å². The summed E-state index contributed by atoms with van der Waals surface area (Å²) in [5, 5.41) is 7.62. The lowest BCUT2D eigenvalue weighted by molar-refractivity contribution is -0.141. The van der Waals surface area contributed by atoms with Crippen LogP contribution >= 0.6 is 0 Å². The van der Waals surface area contributed by atoms with Crippen LogP contribution in [0.3, 0.4) is 0 Å². The second kappa shape index (κ2) is 7.71. The number of nitrogens with zero attached hydrogens (tertiary/aromatic N) is 7. The zero-order chi connectivity index (χ0) is 23.4. The smallest absolute Gasteiger partial charge is 0.350 e. The summed E-state index contributed by atoms with van der Waals surface area (Å²) < 4.78 is 42.0. The molecular weight excluding hydrogens is 445 g/mol. The van der Waals surface area contributed by atoms with Crippen LogP contribution in [0.1, 0.15) is 42.6 Å². The van der Waals surface area contributed by atoms with E-state index in [9.17, 15) is 13.2 Å². The third-order valence-electron chi connectivity index (χ3n) is 6.34. The van der Waals surface area contributed by atoms with Crippen LogP contribution < -0.4 is 10.2 Å². The van der Waals surface area contributed by atoms with Gasteiger partial charge in [0.2, 0.25) is 5.95 Å². The summed E-state index contributed by atoms with van der Waals surface area (Å²) in [7, 11) is 0. The van der Waals surface area contributed by atoms with E-state index in [0.717, 1.165) is 35.0 Å². The number of anilines is 2. The van der Waals surface area contributed by atoms with Gasteiger partial charge in [-0.25, -0.2) is 4.98 Å². The van der Waals surface area contributed by atoms with Gasteiger partial charge >= 0.3 is 6.18 Å². The number of hydrogen-bond acceptors (Lipinski definition) is 6. The molecule has 34 heavy (non-hydrogen) atoms. The molecule has 1 N–H and O–H groups in total. The number of hydrogen-bond donors (Lipinski definition) is 1. The Morgan fingerprint density at radius 1 is 1.09 bits per heavy atom. The van der Waals surface area contributed by atoms with Crippen molar-refractivity contribution in [2.24, 2.45) is 0 Å². The molecule has 0 spiro atoms. The van der Waals surface area contributed by atoms with E-state index in [1.807, 2.05) is 12.3 Å². The molecule has 8 nitrogen and oxygen atoms in total. The van der Waals surface area contributed by atoms with E-state index < -0.39 is 11.9 Å². The van der Waals surface area contributed by atoms with Crippen molar-refractivity contribution < 1.29 is 13.2 Å². The minimum absolute atomic E-state index is 0.333. The Bertz CT molecular complexity index is 1340. The van der Waals surface area contributed by atoms with Crippen LogP contribution in [0.15, 0.2) is 43.0 Å².